The molecule has 0 radical (unpaired) electrons. The Kier molecular flexibility index (Phi) is 4.38. The predicted octanol–water partition coefficient (Wildman–Crippen LogP) is 2.72. The Labute approximate surface area is 112 Å². The van der Waals surface area contributed by atoms with E-state index in [1.165, 1.54) is 4.90 Å². The molecule has 1 fully saturated rings. The minimum atomic E-state index is -4.37. The molecule has 0 aliphatic carbocycles. The Bertz CT molecular complexity index is 421. The molecule has 8 heteroatoms. The van der Waals surface area contributed by atoms with Gasteiger partial charge < -0.3 is 9.88 Å². The highest BCUT2D eigenvalue weighted by molar-refractivity contribution is 8.00. The number of amides is 1. The number of aromatic nitrogens is 2. The normalized spacial score (nSPS) is 20.6. The van der Waals surface area contributed by atoms with E-state index in [0.717, 1.165) is 19.3 Å². The molecule has 1 aromatic heterocycles. The second-order valence-electron chi connectivity index (χ2n) is 4.31. The summed E-state index contributed by atoms with van der Waals surface area (Å²) < 4.78 is 36.4. The summed E-state index contributed by atoms with van der Waals surface area (Å²) in [5.41, 5.74) is -4.37. The summed E-state index contributed by atoms with van der Waals surface area (Å²) in [6, 6.07) is -0.231. The Morgan fingerprint density at radius 1 is 1.53 bits per heavy atom. The minimum Gasteiger partial charge on any atom is -0.347 e. The van der Waals surface area contributed by atoms with Gasteiger partial charge in [-0.2, -0.15) is 13.2 Å². The number of imidazole rings is 1. The lowest BCUT2D eigenvalue weighted by Crippen LogP contribution is -2.40. The van der Waals surface area contributed by atoms with Crippen LogP contribution in [0.15, 0.2) is 12.4 Å². The number of H-pyrrole nitrogens is 1. The molecule has 0 saturated carbocycles. The second kappa shape index (κ2) is 5.85. The first-order valence-electron chi connectivity index (χ1n) is 5.97. The summed E-state index contributed by atoms with van der Waals surface area (Å²) in [4.78, 5) is 20.4. The van der Waals surface area contributed by atoms with Gasteiger partial charge in [-0.3, -0.25) is 4.79 Å². The van der Waals surface area contributed by atoms with Gasteiger partial charge >= 0.3 is 5.51 Å². The molecule has 1 aromatic rings. The van der Waals surface area contributed by atoms with Crippen molar-refractivity contribution in [3.05, 3.63) is 18.2 Å². The van der Waals surface area contributed by atoms with Crippen LogP contribution in [0.2, 0.25) is 0 Å². The van der Waals surface area contributed by atoms with E-state index in [1.54, 1.807) is 12.4 Å². The van der Waals surface area contributed by atoms with E-state index in [9.17, 15) is 18.0 Å². The van der Waals surface area contributed by atoms with Crippen molar-refractivity contribution in [3.63, 3.8) is 0 Å². The van der Waals surface area contributed by atoms with Gasteiger partial charge in [0.1, 0.15) is 5.82 Å². The van der Waals surface area contributed by atoms with E-state index >= 15 is 0 Å². The van der Waals surface area contributed by atoms with Crippen LogP contribution in [-0.4, -0.2) is 38.6 Å². The molecular formula is C11H14F3N3OS. The van der Waals surface area contributed by atoms with Crippen LogP contribution in [0, 0.1) is 0 Å². The SMILES string of the molecule is O=C(CSC(F)(F)F)N1CCCC[C@@H]1c1ncc[nH]1. The zero-order valence-electron chi connectivity index (χ0n) is 10.1. The molecule has 2 rings (SSSR count). The van der Waals surface area contributed by atoms with Gasteiger partial charge in [0.25, 0.3) is 0 Å². The van der Waals surface area contributed by atoms with Crippen molar-refractivity contribution in [1.82, 2.24) is 14.9 Å². The van der Waals surface area contributed by atoms with Crippen molar-refractivity contribution in [2.24, 2.45) is 0 Å². The lowest BCUT2D eigenvalue weighted by Gasteiger charge is -2.34. The first-order valence-corrected chi connectivity index (χ1v) is 6.95. The van der Waals surface area contributed by atoms with Crippen molar-refractivity contribution < 1.29 is 18.0 Å². The molecule has 2 heterocycles. The molecule has 1 saturated heterocycles. The molecule has 0 bridgehead atoms. The van der Waals surface area contributed by atoms with Crippen LogP contribution in [0.5, 0.6) is 0 Å². The summed E-state index contributed by atoms with van der Waals surface area (Å²) in [5, 5.41) is 0. The van der Waals surface area contributed by atoms with Crippen LogP contribution < -0.4 is 0 Å². The molecule has 106 valence electrons. The Morgan fingerprint density at radius 3 is 2.95 bits per heavy atom. The number of carbonyl (C=O) groups is 1. The fourth-order valence-electron chi connectivity index (χ4n) is 2.20. The van der Waals surface area contributed by atoms with Gasteiger partial charge in [-0.05, 0) is 31.0 Å². The fraction of sp³-hybridized carbons (Fsp3) is 0.636. The Balaban J connectivity index is 2.01. The van der Waals surface area contributed by atoms with E-state index in [-0.39, 0.29) is 17.8 Å². The number of hydrogen-bond acceptors (Lipinski definition) is 3. The first-order chi connectivity index (χ1) is 8.97. The molecule has 1 N–H and O–H groups in total. The monoisotopic (exact) mass is 293 g/mol. The van der Waals surface area contributed by atoms with Crippen molar-refractivity contribution >= 4 is 17.7 Å². The maximum atomic E-state index is 12.1. The van der Waals surface area contributed by atoms with Crippen LogP contribution in [0.3, 0.4) is 0 Å². The number of aromatic amines is 1. The number of alkyl halides is 3. The predicted molar refractivity (Wildman–Crippen MR) is 65.4 cm³/mol. The highest BCUT2D eigenvalue weighted by Gasteiger charge is 2.34. The highest BCUT2D eigenvalue weighted by Crippen LogP contribution is 2.33. The van der Waals surface area contributed by atoms with Gasteiger partial charge in [-0.1, -0.05) is 0 Å². The van der Waals surface area contributed by atoms with E-state index < -0.39 is 17.2 Å². The molecule has 1 amide bonds. The average Bonchev–Trinajstić information content (AvgIpc) is 2.89. The quantitative estimate of drug-likeness (QED) is 0.932. The highest BCUT2D eigenvalue weighted by atomic mass is 32.2. The van der Waals surface area contributed by atoms with E-state index in [0.29, 0.717) is 12.4 Å². The second-order valence-corrected chi connectivity index (χ2v) is 5.35. The first kappa shape index (κ1) is 14.2. The number of halogens is 3. The molecule has 4 nitrogen and oxygen atoms in total. The zero-order valence-corrected chi connectivity index (χ0v) is 10.9. The number of nitrogens with zero attached hydrogens (tertiary/aromatic N) is 2. The van der Waals surface area contributed by atoms with Gasteiger partial charge in [0.05, 0.1) is 11.8 Å². The number of nitrogens with one attached hydrogen (secondary N) is 1. The number of hydrogen-bond donors (Lipinski definition) is 1. The van der Waals surface area contributed by atoms with Crippen molar-refractivity contribution in [2.75, 3.05) is 12.3 Å². The maximum absolute atomic E-state index is 12.1. The summed E-state index contributed by atoms with van der Waals surface area (Å²) in [5.74, 6) is -0.408. The molecule has 0 spiro atoms. The lowest BCUT2D eigenvalue weighted by atomic mass is 10.0. The number of thioether (sulfide) groups is 1. The van der Waals surface area contributed by atoms with Gasteiger partial charge in [-0.15, -0.1) is 0 Å². The van der Waals surface area contributed by atoms with Gasteiger partial charge in [-0.25, -0.2) is 4.98 Å². The molecule has 1 atom stereocenters. The third kappa shape index (κ3) is 3.89. The van der Waals surface area contributed by atoms with Crippen LogP contribution in [0.4, 0.5) is 13.2 Å². The average molecular weight is 293 g/mol. The molecule has 0 aromatic carbocycles. The molecule has 1 aliphatic rings. The maximum Gasteiger partial charge on any atom is 0.442 e. The molecular weight excluding hydrogens is 279 g/mol. The van der Waals surface area contributed by atoms with Crippen LogP contribution in [0.1, 0.15) is 31.1 Å². The fourth-order valence-corrected chi connectivity index (χ4v) is 2.65. The minimum absolute atomic E-state index is 0.231. The summed E-state index contributed by atoms with van der Waals surface area (Å²) >= 11 is -0.287. The topological polar surface area (TPSA) is 49.0 Å². The molecule has 0 unspecified atom stereocenters. The van der Waals surface area contributed by atoms with Gasteiger partial charge in [0.2, 0.25) is 5.91 Å². The van der Waals surface area contributed by atoms with E-state index in [4.69, 9.17) is 0 Å². The standard InChI is InChI=1S/C11H14F3N3OS/c12-11(13,14)19-7-9(18)17-6-2-1-3-8(17)10-15-4-5-16-10/h4-5,8H,1-3,6-7H2,(H,15,16)/t8-/m1/s1. The number of carbonyl (C=O) groups excluding carboxylic acids is 1. The van der Waals surface area contributed by atoms with Gasteiger partial charge in [0, 0.05) is 18.9 Å². The molecule has 19 heavy (non-hydrogen) atoms. The van der Waals surface area contributed by atoms with Crippen molar-refractivity contribution in [2.45, 2.75) is 30.8 Å². The Morgan fingerprint density at radius 2 is 2.32 bits per heavy atom. The summed E-state index contributed by atoms with van der Waals surface area (Å²) in [6.07, 6.45) is 5.73. The molecule has 1 aliphatic heterocycles. The van der Waals surface area contributed by atoms with Crippen molar-refractivity contribution in [3.8, 4) is 0 Å². The van der Waals surface area contributed by atoms with E-state index in [2.05, 4.69) is 9.97 Å². The summed E-state index contributed by atoms with van der Waals surface area (Å²) in [7, 11) is 0. The summed E-state index contributed by atoms with van der Waals surface area (Å²) in [6.45, 7) is 0.489. The number of piperidine rings is 1. The third-order valence-electron chi connectivity index (χ3n) is 3.02. The zero-order chi connectivity index (χ0) is 13.9. The Hall–Kier alpha value is -1.18. The van der Waals surface area contributed by atoms with Crippen LogP contribution in [0.25, 0.3) is 0 Å². The number of likely N-dealkylation sites (tertiary alicyclic amines) is 1. The van der Waals surface area contributed by atoms with Crippen LogP contribution in [-0.2, 0) is 4.79 Å². The smallest absolute Gasteiger partial charge is 0.347 e. The largest absolute Gasteiger partial charge is 0.442 e. The van der Waals surface area contributed by atoms with E-state index in [1.807, 2.05) is 0 Å². The third-order valence-corrected chi connectivity index (χ3v) is 3.74. The van der Waals surface area contributed by atoms with Crippen molar-refractivity contribution in [1.29, 1.82) is 0 Å². The van der Waals surface area contributed by atoms with Crippen LogP contribution >= 0.6 is 11.8 Å². The lowest BCUT2D eigenvalue weighted by molar-refractivity contribution is -0.132. The number of rotatable bonds is 3. The van der Waals surface area contributed by atoms with Gasteiger partial charge in [0.15, 0.2) is 0 Å².